The van der Waals surface area contributed by atoms with Crippen LogP contribution in [0.2, 0.25) is 0 Å². The molecule has 55 heavy (non-hydrogen) atoms. The number of nitrogens with zero attached hydrogens (tertiary/aromatic N) is 6. The van der Waals surface area contributed by atoms with Crippen LogP contribution in [-0.2, 0) is 14.9 Å². The molecule has 4 fully saturated rings. The lowest BCUT2D eigenvalue weighted by Crippen LogP contribution is -2.67. The minimum absolute atomic E-state index is 0.00503. The smallest absolute Gasteiger partial charge is 0.261 e. The molecule has 1 unspecified atom stereocenters. The fourth-order valence-electron chi connectivity index (χ4n) is 9.64. The van der Waals surface area contributed by atoms with Gasteiger partial charge in [0, 0.05) is 47.0 Å². The third-order valence-corrected chi connectivity index (χ3v) is 12.8. The Kier molecular flexibility index (Phi) is 8.19. The Hall–Kier alpha value is -4.56. The maximum absolute atomic E-state index is 15.7. The summed E-state index contributed by atoms with van der Waals surface area (Å²) in [6.45, 7) is 13.3. The van der Waals surface area contributed by atoms with Crippen molar-refractivity contribution in [1.29, 1.82) is 0 Å². The van der Waals surface area contributed by atoms with Crippen molar-refractivity contribution in [3.8, 4) is 11.3 Å². The molecule has 9 rings (SSSR count). The summed E-state index contributed by atoms with van der Waals surface area (Å²) < 4.78 is 50.8. The predicted octanol–water partition coefficient (Wildman–Crippen LogP) is 7.20. The number of amides is 2. The van der Waals surface area contributed by atoms with Crippen molar-refractivity contribution in [1.82, 2.24) is 29.7 Å². The molecular formula is C41H47F3N8O3. The molecule has 6 heterocycles. The zero-order chi connectivity index (χ0) is 38.8. The second-order valence-corrected chi connectivity index (χ2v) is 17.4. The Labute approximate surface area is 318 Å². The van der Waals surface area contributed by atoms with Gasteiger partial charge in [-0.3, -0.25) is 19.5 Å². The number of nitrogens with one attached hydrogen (secondary N) is 2. The molecule has 5 aliphatic rings. The van der Waals surface area contributed by atoms with E-state index in [0.29, 0.717) is 45.8 Å². The van der Waals surface area contributed by atoms with E-state index in [9.17, 15) is 18.4 Å². The van der Waals surface area contributed by atoms with E-state index in [-0.39, 0.29) is 47.6 Å². The number of morpholine rings is 1. The van der Waals surface area contributed by atoms with E-state index in [2.05, 4.69) is 27.4 Å². The average Bonchev–Trinajstić information content (AvgIpc) is 3.63. The van der Waals surface area contributed by atoms with Crippen molar-refractivity contribution in [3.63, 3.8) is 0 Å². The van der Waals surface area contributed by atoms with E-state index in [1.807, 2.05) is 49.3 Å². The summed E-state index contributed by atoms with van der Waals surface area (Å²) >= 11 is 0. The summed E-state index contributed by atoms with van der Waals surface area (Å²) in [5.74, 6) is -0.995. The summed E-state index contributed by atoms with van der Waals surface area (Å²) in [6, 6.07) is 7.25. The third-order valence-electron chi connectivity index (χ3n) is 12.8. The second kappa shape index (κ2) is 12.5. The van der Waals surface area contributed by atoms with Crippen molar-refractivity contribution in [3.05, 3.63) is 59.4 Å². The summed E-state index contributed by atoms with van der Waals surface area (Å²) in [6.07, 6.45) is 5.12. The molecule has 14 heteroatoms. The monoisotopic (exact) mass is 756 g/mol. The van der Waals surface area contributed by atoms with E-state index in [4.69, 9.17) is 14.7 Å². The fraction of sp³-hybridized carbons (Fsp3) is 0.537. The van der Waals surface area contributed by atoms with Gasteiger partial charge in [-0.15, -0.1) is 0 Å². The number of hydrogen-bond donors (Lipinski definition) is 2. The lowest BCUT2D eigenvalue weighted by atomic mass is 9.71. The summed E-state index contributed by atoms with van der Waals surface area (Å²) in [5, 5.41) is 5.61. The molecule has 2 saturated heterocycles. The summed E-state index contributed by atoms with van der Waals surface area (Å²) in [5.41, 5.74) is 1.90. The number of aromatic nitrogens is 4. The Morgan fingerprint density at radius 1 is 1.00 bits per heavy atom. The summed E-state index contributed by atoms with van der Waals surface area (Å²) in [4.78, 5) is 46.6. The van der Waals surface area contributed by atoms with E-state index in [1.54, 1.807) is 19.4 Å². The van der Waals surface area contributed by atoms with E-state index in [0.717, 1.165) is 50.3 Å². The Morgan fingerprint density at radius 3 is 2.36 bits per heavy atom. The lowest BCUT2D eigenvalue weighted by molar-refractivity contribution is -0.126. The number of carbonyl (C=O) groups excluding carboxylic acids is 2. The molecule has 4 aromatic rings. The Balaban J connectivity index is 1.07. The SMILES string of the molecule is Cc1cc(F)c(Nc2nc(-c3cnc4c(c3)N(C3CC(C)(N5C6CC[C@H]5COC6)C3)C(=O)C4(C)C)cc3ncn(C(C)C)c23)cc1C(=O)NC1(C(F)F)CC1. The van der Waals surface area contributed by atoms with Crippen LogP contribution in [0.5, 0.6) is 0 Å². The largest absolute Gasteiger partial charge is 0.378 e. The van der Waals surface area contributed by atoms with Crippen molar-refractivity contribution in [2.75, 3.05) is 23.4 Å². The van der Waals surface area contributed by atoms with Gasteiger partial charge in [0.15, 0.2) is 5.82 Å². The quantitative estimate of drug-likeness (QED) is 0.184. The average molecular weight is 757 g/mol. The van der Waals surface area contributed by atoms with Crippen LogP contribution in [-0.4, -0.2) is 85.1 Å². The van der Waals surface area contributed by atoms with Gasteiger partial charge in [0.05, 0.1) is 53.2 Å². The third kappa shape index (κ3) is 5.64. The first kappa shape index (κ1) is 36.1. The molecule has 3 aliphatic heterocycles. The molecule has 2 saturated carbocycles. The molecule has 3 aromatic heterocycles. The van der Waals surface area contributed by atoms with Gasteiger partial charge in [0.25, 0.3) is 12.3 Å². The topological polar surface area (TPSA) is 118 Å². The molecule has 0 radical (unpaired) electrons. The highest BCUT2D eigenvalue weighted by atomic mass is 19.3. The maximum atomic E-state index is 15.7. The molecule has 2 bridgehead atoms. The van der Waals surface area contributed by atoms with Gasteiger partial charge in [-0.05, 0) is 110 Å². The number of pyridine rings is 2. The van der Waals surface area contributed by atoms with Gasteiger partial charge in [0.1, 0.15) is 16.9 Å². The number of anilines is 3. The highest BCUT2D eigenvalue weighted by Gasteiger charge is 2.58. The number of hydrogen-bond acceptors (Lipinski definition) is 8. The minimum Gasteiger partial charge on any atom is -0.378 e. The standard InChI is InChI=1S/C41H47F3N8O3/c1-21(2)50-20-46-31-14-29(47-35(33(31)50)48-30-13-27(22(3)11-28(30)42)36(53)49-41(9-10-41)37(43)44)23-12-32-34(45-17-23)39(4,5)38(54)51(32)26-15-40(6,16-26)52-24-7-8-25(52)19-55-18-24/h11-14,17,20-21,24-26,37H,7-10,15-16,18-19H2,1-6H3,(H,47,48)(H,49,53)/t24-,25?,26?,40?/m0/s1. The highest BCUT2D eigenvalue weighted by Crippen LogP contribution is 2.52. The van der Waals surface area contributed by atoms with Gasteiger partial charge >= 0.3 is 0 Å². The van der Waals surface area contributed by atoms with Crippen molar-refractivity contribution >= 4 is 40.0 Å². The second-order valence-electron chi connectivity index (χ2n) is 17.4. The van der Waals surface area contributed by atoms with Crippen LogP contribution in [0.3, 0.4) is 0 Å². The van der Waals surface area contributed by atoms with Crippen LogP contribution >= 0.6 is 0 Å². The minimum atomic E-state index is -2.70. The van der Waals surface area contributed by atoms with Gasteiger partial charge < -0.3 is 24.8 Å². The van der Waals surface area contributed by atoms with Crippen molar-refractivity contribution in [2.24, 2.45) is 0 Å². The number of alkyl halides is 2. The Bertz CT molecular complexity index is 2230. The maximum Gasteiger partial charge on any atom is 0.261 e. The number of imidazole rings is 1. The molecule has 11 nitrogen and oxygen atoms in total. The first-order valence-corrected chi connectivity index (χ1v) is 19.4. The van der Waals surface area contributed by atoms with Gasteiger partial charge in [-0.2, -0.15) is 0 Å². The number of ether oxygens (including phenoxy) is 1. The normalized spacial score (nSPS) is 26.5. The number of rotatable bonds is 9. The zero-order valence-electron chi connectivity index (χ0n) is 32.0. The van der Waals surface area contributed by atoms with Crippen molar-refractivity contribution < 1.29 is 27.5 Å². The first-order chi connectivity index (χ1) is 26.1. The van der Waals surface area contributed by atoms with Crippen LogP contribution in [0.4, 0.5) is 30.4 Å². The molecule has 2 N–H and O–H groups in total. The van der Waals surface area contributed by atoms with Crippen LogP contribution in [0.15, 0.2) is 36.8 Å². The van der Waals surface area contributed by atoms with E-state index < -0.39 is 29.1 Å². The van der Waals surface area contributed by atoms with Gasteiger partial charge in [0.2, 0.25) is 5.91 Å². The molecule has 290 valence electrons. The highest BCUT2D eigenvalue weighted by molar-refractivity contribution is 6.08. The van der Waals surface area contributed by atoms with Crippen molar-refractivity contribution in [2.45, 2.75) is 127 Å². The molecule has 2 atom stereocenters. The Morgan fingerprint density at radius 2 is 1.71 bits per heavy atom. The molecule has 1 aromatic carbocycles. The van der Waals surface area contributed by atoms with Crippen LogP contribution < -0.4 is 15.5 Å². The molecule has 2 aliphatic carbocycles. The van der Waals surface area contributed by atoms with Crippen LogP contribution in [0, 0.1) is 12.7 Å². The number of fused-ring (bicyclic) bond motifs is 4. The van der Waals surface area contributed by atoms with Gasteiger partial charge in [-0.1, -0.05) is 0 Å². The fourth-order valence-corrected chi connectivity index (χ4v) is 9.64. The number of halogens is 3. The number of benzene rings is 1. The first-order valence-electron chi connectivity index (χ1n) is 19.4. The number of carbonyl (C=O) groups is 2. The van der Waals surface area contributed by atoms with Crippen LogP contribution in [0.1, 0.15) is 101 Å². The molecule has 2 amide bonds. The van der Waals surface area contributed by atoms with Crippen LogP contribution in [0.25, 0.3) is 22.3 Å². The number of aryl methyl sites for hydroxylation is 1. The molecule has 0 spiro atoms. The predicted molar refractivity (Wildman–Crippen MR) is 202 cm³/mol. The van der Waals surface area contributed by atoms with Gasteiger partial charge in [-0.25, -0.2) is 23.1 Å². The summed E-state index contributed by atoms with van der Waals surface area (Å²) in [7, 11) is 0. The lowest BCUT2D eigenvalue weighted by Gasteiger charge is -2.58. The zero-order valence-corrected chi connectivity index (χ0v) is 32.0. The van der Waals surface area contributed by atoms with E-state index in [1.165, 1.54) is 12.1 Å². The molecular weight excluding hydrogens is 709 g/mol. The van der Waals surface area contributed by atoms with E-state index >= 15 is 4.39 Å².